The van der Waals surface area contributed by atoms with Crippen LogP contribution in [0.2, 0.25) is 0 Å². The summed E-state index contributed by atoms with van der Waals surface area (Å²) in [6.45, 7) is 2.06. The number of hydrogen-bond donors (Lipinski definition) is 0. The van der Waals surface area contributed by atoms with Crippen LogP contribution in [-0.2, 0) is 0 Å². The van der Waals surface area contributed by atoms with Crippen LogP contribution in [0.15, 0.2) is 24.3 Å². The molecule has 0 heterocycles. The van der Waals surface area contributed by atoms with Gasteiger partial charge in [-0.15, -0.1) is 0 Å². The summed E-state index contributed by atoms with van der Waals surface area (Å²) in [7, 11) is 0. The molecule has 1 aromatic carbocycles. The van der Waals surface area contributed by atoms with Crippen LogP contribution in [0.5, 0.6) is 0 Å². The molecule has 0 saturated heterocycles. The van der Waals surface area contributed by atoms with E-state index in [9.17, 15) is 0 Å². The maximum Gasteiger partial charge on any atom is 2.00 e. The van der Waals surface area contributed by atoms with E-state index in [1.54, 1.807) is 0 Å². The summed E-state index contributed by atoms with van der Waals surface area (Å²) < 4.78 is 0. The van der Waals surface area contributed by atoms with E-state index in [4.69, 9.17) is 0 Å². The normalized spacial score (nSPS) is 6.78. The average Bonchev–Trinajstić information content (AvgIpc) is 1.69. The van der Waals surface area contributed by atoms with Gasteiger partial charge in [0.15, 0.2) is 0 Å². The molecule has 0 aliphatic heterocycles. The molecule has 2 heteroatoms. The molecule has 0 nitrogen and oxygen atoms in total. The number of aryl methyl sites for hydroxylation is 1. The van der Waals surface area contributed by atoms with Crippen molar-refractivity contribution < 1.29 is 17.0 Å². The van der Waals surface area contributed by atoms with Gasteiger partial charge in [0.2, 0.25) is 0 Å². The van der Waals surface area contributed by atoms with Gasteiger partial charge in [-0.1, -0.05) is 6.92 Å². The largest absolute Gasteiger partial charge is 2.00 e. The first-order chi connectivity index (χ1) is 3.39. The molecule has 0 spiro atoms. The van der Waals surface area contributed by atoms with E-state index in [1.165, 1.54) is 5.56 Å². The van der Waals surface area contributed by atoms with Crippen LogP contribution >= 0.6 is 0 Å². The Morgan fingerprint density at radius 1 is 1.22 bits per heavy atom. The molecule has 0 N–H and O–H groups in total. The minimum absolute atomic E-state index is 0. The van der Waals surface area contributed by atoms with Gasteiger partial charge in [-0.2, -0.15) is 35.9 Å². The van der Waals surface area contributed by atoms with Crippen molar-refractivity contribution in [3.8, 4) is 0 Å². The molecule has 0 aliphatic rings. The quantitative estimate of drug-likeness (QED) is 0.346. The molecule has 0 saturated carbocycles. The molecule has 0 bridgehead atoms. The van der Waals surface area contributed by atoms with Crippen LogP contribution in [0.3, 0.4) is 0 Å². The second kappa shape index (κ2) is 6.58. The van der Waals surface area contributed by atoms with E-state index in [0.29, 0.717) is 0 Å². The SMILES string of the molecule is Cc1cc[c-]cc1.[Br-].[Mg+2]. The predicted molar refractivity (Wildman–Crippen MR) is 35.8 cm³/mol. The minimum Gasteiger partial charge on any atom is -1.00 e. The predicted octanol–water partition coefficient (Wildman–Crippen LogP) is -1.58. The summed E-state index contributed by atoms with van der Waals surface area (Å²) in [5, 5.41) is 0. The first kappa shape index (κ1) is 12.2. The molecule has 0 radical (unpaired) electrons. The van der Waals surface area contributed by atoms with Crippen LogP contribution in [0.25, 0.3) is 0 Å². The van der Waals surface area contributed by atoms with E-state index in [1.807, 2.05) is 24.3 Å². The van der Waals surface area contributed by atoms with Gasteiger partial charge in [0, 0.05) is 0 Å². The van der Waals surface area contributed by atoms with Gasteiger partial charge in [-0.3, -0.25) is 0 Å². The van der Waals surface area contributed by atoms with Crippen LogP contribution < -0.4 is 17.0 Å². The molecule has 9 heavy (non-hydrogen) atoms. The number of rotatable bonds is 0. The third-order valence-corrected chi connectivity index (χ3v) is 0.885. The zero-order valence-corrected chi connectivity index (χ0v) is 8.39. The first-order valence-electron chi connectivity index (χ1n) is 2.32. The van der Waals surface area contributed by atoms with Crippen LogP contribution in [-0.4, -0.2) is 23.1 Å². The molecule has 0 amide bonds. The van der Waals surface area contributed by atoms with Gasteiger partial charge in [0.1, 0.15) is 0 Å². The van der Waals surface area contributed by atoms with Crippen molar-refractivity contribution in [2.24, 2.45) is 0 Å². The molecule has 0 atom stereocenters. The van der Waals surface area contributed by atoms with E-state index >= 15 is 0 Å². The Kier molecular flexibility index (Phi) is 8.90. The summed E-state index contributed by atoms with van der Waals surface area (Å²) in [6.07, 6.45) is 0. The van der Waals surface area contributed by atoms with Crippen LogP contribution in [0.4, 0.5) is 0 Å². The van der Waals surface area contributed by atoms with Crippen molar-refractivity contribution in [1.29, 1.82) is 0 Å². The fourth-order valence-electron chi connectivity index (χ4n) is 0.470. The molecule has 0 aromatic heterocycles. The second-order valence-electron chi connectivity index (χ2n) is 1.58. The molecule has 1 aromatic rings. The van der Waals surface area contributed by atoms with E-state index in [2.05, 4.69) is 13.0 Å². The monoisotopic (exact) mass is 194 g/mol. The Balaban J connectivity index is 0. The average molecular weight is 195 g/mol. The van der Waals surface area contributed by atoms with Crippen molar-refractivity contribution in [2.75, 3.05) is 0 Å². The molecular formula is C7H7BrMg. The van der Waals surface area contributed by atoms with Gasteiger partial charge in [-0.05, 0) is 0 Å². The fourth-order valence-corrected chi connectivity index (χ4v) is 0.470. The third-order valence-electron chi connectivity index (χ3n) is 0.885. The Hall–Kier alpha value is 0.466. The second-order valence-corrected chi connectivity index (χ2v) is 1.58. The van der Waals surface area contributed by atoms with Gasteiger partial charge < -0.3 is 17.0 Å². The molecule has 44 valence electrons. The number of benzene rings is 1. The first-order valence-corrected chi connectivity index (χ1v) is 2.32. The zero-order valence-electron chi connectivity index (χ0n) is 5.39. The fraction of sp³-hybridized carbons (Fsp3) is 0.143. The molecule has 0 fully saturated rings. The Morgan fingerprint density at radius 2 is 1.67 bits per heavy atom. The van der Waals surface area contributed by atoms with Crippen molar-refractivity contribution in [1.82, 2.24) is 0 Å². The number of hydrogen-bond acceptors (Lipinski definition) is 0. The minimum atomic E-state index is 0. The van der Waals surface area contributed by atoms with E-state index in [-0.39, 0.29) is 40.0 Å². The number of halogens is 1. The van der Waals surface area contributed by atoms with Gasteiger partial charge in [-0.25, -0.2) is 0 Å². The molecule has 0 unspecified atom stereocenters. The van der Waals surface area contributed by atoms with Crippen LogP contribution in [0.1, 0.15) is 5.56 Å². The molecule has 0 aliphatic carbocycles. The maximum absolute atomic E-state index is 2.93. The Bertz CT molecular complexity index is 139. The Morgan fingerprint density at radius 3 is 1.89 bits per heavy atom. The van der Waals surface area contributed by atoms with Crippen molar-refractivity contribution in [2.45, 2.75) is 6.92 Å². The molecule has 1 rings (SSSR count). The third kappa shape index (κ3) is 4.94. The van der Waals surface area contributed by atoms with E-state index in [0.717, 1.165) is 0 Å². The standard InChI is InChI=1S/C7H7.BrH.Mg/c1-7-5-3-2-4-6-7;;/h3-6H,1H3;1H;/q-1;;+2/p-1. The van der Waals surface area contributed by atoms with E-state index < -0.39 is 0 Å². The summed E-state index contributed by atoms with van der Waals surface area (Å²) in [5.41, 5.74) is 1.29. The Labute approximate surface area is 82.6 Å². The van der Waals surface area contributed by atoms with Crippen molar-refractivity contribution >= 4 is 23.1 Å². The van der Waals surface area contributed by atoms with Crippen molar-refractivity contribution in [3.05, 3.63) is 35.9 Å². The van der Waals surface area contributed by atoms with Crippen molar-refractivity contribution in [3.63, 3.8) is 0 Å². The van der Waals surface area contributed by atoms with Gasteiger partial charge >= 0.3 is 23.1 Å². The molecular weight excluding hydrogens is 188 g/mol. The van der Waals surface area contributed by atoms with Gasteiger partial charge in [0.05, 0.1) is 0 Å². The smallest absolute Gasteiger partial charge is 1.00 e. The summed E-state index contributed by atoms with van der Waals surface area (Å²) in [4.78, 5) is 0. The van der Waals surface area contributed by atoms with Crippen LogP contribution in [0, 0.1) is 13.0 Å². The summed E-state index contributed by atoms with van der Waals surface area (Å²) in [6, 6.07) is 10.8. The topological polar surface area (TPSA) is 0 Å². The van der Waals surface area contributed by atoms with Gasteiger partial charge in [0.25, 0.3) is 0 Å². The zero-order chi connectivity index (χ0) is 5.11. The summed E-state index contributed by atoms with van der Waals surface area (Å²) >= 11 is 0. The summed E-state index contributed by atoms with van der Waals surface area (Å²) in [5.74, 6) is 0. The maximum atomic E-state index is 2.93.